The Balaban J connectivity index is 1.41. The molecule has 1 heterocycles. The number of rotatable bonds is 5. The summed E-state index contributed by atoms with van der Waals surface area (Å²) in [6.45, 7) is 4.34. The SMILES string of the molecule is C[C@H](CCNC(=O)N1CCN(C2CCCC2)C(=O)C1)c1ccccc1. The first-order valence-electron chi connectivity index (χ1n) is 9.52. The minimum Gasteiger partial charge on any atom is -0.338 e. The van der Waals surface area contributed by atoms with E-state index in [1.165, 1.54) is 18.4 Å². The van der Waals surface area contributed by atoms with Gasteiger partial charge in [0.1, 0.15) is 6.54 Å². The minimum atomic E-state index is -0.111. The fourth-order valence-electron chi connectivity index (χ4n) is 3.92. The van der Waals surface area contributed by atoms with Crippen LogP contribution in [0.1, 0.15) is 50.5 Å². The van der Waals surface area contributed by atoms with Crippen LogP contribution in [0.2, 0.25) is 0 Å². The van der Waals surface area contributed by atoms with Gasteiger partial charge in [0.15, 0.2) is 0 Å². The number of piperazine rings is 1. The monoisotopic (exact) mass is 343 g/mol. The molecule has 2 fully saturated rings. The van der Waals surface area contributed by atoms with Gasteiger partial charge in [-0.05, 0) is 30.7 Å². The number of benzene rings is 1. The minimum absolute atomic E-state index is 0.103. The van der Waals surface area contributed by atoms with Crippen molar-refractivity contribution in [2.45, 2.75) is 51.0 Å². The van der Waals surface area contributed by atoms with Crippen LogP contribution in [0.5, 0.6) is 0 Å². The topological polar surface area (TPSA) is 52.7 Å². The average Bonchev–Trinajstić information content (AvgIpc) is 3.16. The Bertz CT molecular complexity index is 584. The van der Waals surface area contributed by atoms with E-state index in [1.807, 2.05) is 23.1 Å². The summed E-state index contributed by atoms with van der Waals surface area (Å²) in [5.41, 5.74) is 1.29. The van der Waals surface area contributed by atoms with E-state index in [2.05, 4.69) is 24.4 Å². The van der Waals surface area contributed by atoms with E-state index < -0.39 is 0 Å². The Kier molecular flexibility index (Phi) is 5.95. The lowest BCUT2D eigenvalue weighted by Gasteiger charge is -2.37. The van der Waals surface area contributed by atoms with Gasteiger partial charge in [-0.3, -0.25) is 4.79 Å². The van der Waals surface area contributed by atoms with Gasteiger partial charge in [-0.1, -0.05) is 50.1 Å². The lowest BCUT2D eigenvalue weighted by molar-refractivity contribution is -0.137. The van der Waals surface area contributed by atoms with Crippen molar-refractivity contribution in [2.75, 3.05) is 26.2 Å². The van der Waals surface area contributed by atoms with E-state index in [0.29, 0.717) is 31.6 Å². The summed E-state index contributed by atoms with van der Waals surface area (Å²) in [6.07, 6.45) is 5.58. The lowest BCUT2D eigenvalue weighted by atomic mass is 9.98. The van der Waals surface area contributed by atoms with Crippen molar-refractivity contribution >= 4 is 11.9 Å². The summed E-state index contributed by atoms with van der Waals surface area (Å²) < 4.78 is 0. The molecule has 25 heavy (non-hydrogen) atoms. The van der Waals surface area contributed by atoms with Gasteiger partial charge in [-0.25, -0.2) is 4.79 Å². The smallest absolute Gasteiger partial charge is 0.317 e. The molecular weight excluding hydrogens is 314 g/mol. The zero-order valence-electron chi connectivity index (χ0n) is 15.1. The zero-order valence-corrected chi connectivity index (χ0v) is 15.1. The summed E-state index contributed by atoms with van der Waals surface area (Å²) in [5, 5.41) is 2.97. The van der Waals surface area contributed by atoms with Crippen LogP contribution in [-0.4, -0.2) is 54.0 Å². The normalized spacial score (nSPS) is 20.0. The molecule has 1 aliphatic heterocycles. The van der Waals surface area contributed by atoms with Gasteiger partial charge in [0.05, 0.1) is 0 Å². The summed E-state index contributed by atoms with van der Waals surface area (Å²) in [6, 6.07) is 10.6. The van der Waals surface area contributed by atoms with E-state index in [-0.39, 0.29) is 18.5 Å². The molecule has 0 aromatic heterocycles. The number of nitrogens with one attached hydrogen (secondary N) is 1. The number of nitrogens with zero attached hydrogens (tertiary/aromatic N) is 2. The van der Waals surface area contributed by atoms with Gasteiger partial charge >= 0.3 is 6.03 Å². The molecule has 1 aromatic carbocycles. The lowest BCUT2D eigenvalue weighted by Crippen LogP contribution is -2.56. The Labute approximate surface area is 150 Å². The van der Waals surface area contributed by atoms with E-state index in [0.717, 1.165) is 19.3 Å². The average molecular weight is 343 g/mol. The maximum Gasteiger partial charge on any atom is 0.317 e. The van der Waals surface area contributed by atoms with Crippen molar-refractivity contribution in [2.24, 2.45) is 0 Å². The van der Waals surface area contributed by atoms with Crippen molar-refractivity contribution in [3.8, 4) is 0 Å². The first-order valence-corrected chi connectivity index (χ1v) is 9.52. The van der Waals surface area contributed by atoms with Crippen LogP contribution in [0, 0.1) is 0 Å². The molecule has 1 atom stereocenters. The van der Waals surface area contributed by atoms with Crippen LogP contribution < -0.4 is 5.32 Å². The number of hydrogen-bond donors (Lipinski definition) is 1. The van der Waals surface area contributed by atoms with Crippen LogP contribution in [0.4, 0.5) is 4.79 Å². The van der Waals surface area contributed by atoms with Crippen molar-refractivity contribution < 1.29 is 9.59 Å². The maximum atomic E-state index is 12.4. The standard InChI is InChI=1S/C20H29N3O2/c1-16(17-7-3-2-4-8-17)11-12-21-20(25)22-13-14-23(19(24)15-22)18-9-5-6-10-18/h2-4,7-8,16,18H,5-6,9-15H2,1H3,(H,21,25)/t16-/m1/s1. The highest BCUT2D eigenvalue weighted by atomic mass is 16.2. The molecule has 3 amide bonds. The first kappa shape index (κ1) is 17.8. The first-order chi connectivity index (χ1) is 12.1. The molecule has 2 aliphatic rings. The molecule has 1 saturated carbocycles. The van der Waals surface area contributed by atoms with E-state index >= 15 is 0 Å². The fraction of sp³-hybridized carbons (Fsp3) is 0.600. The highest BCUT2D eigenvalue weighted by Crippen LogP contribution is 2.24. The van der Waals surface area contributed by atoms with Crippen LogP contribution in [0.15, 0.2) is 30.3 Å². The van der Waals surface area contributed by atoms with Crippen molar-refractivity contribution in [3.63, 3.8) is 0 Å². The molecule has 1 N–H and O–H groups in total. The zero-order chi connectivity index (χ0) is 17.6. The Morgan fingerprint density at radius 1 is 1.20 bits per heavy atom. The van der Waals surface area contributed by atoms with Gasteiger partial charge < -0.3 is 15.1 Å². The van der Waals surface area contributed by atoms with Crippen LogP contribution in [0.3, 0.4) is 0 Å². The highest BCUT2D eigenvalue weighted by Gasteiger charge is 2.32. The third-order valence-corrected chi connectivity index (χ3v) is 5.53. The second-order valence-electron chi connectivity index (χ2n) is 7.28. The molecule has 0 unspecified atom stereocenters. The molecule has 5 nitrogen and oxygen atoms in total. The molecule has 1 saturated heterocycles. The van der Waals surface area contributed by atoms with Crippen LogP contribution in [0.25, 0.3) is 0 Å². The molecule has 1 aliphatic carbocycles. The molecule has 0 spiro atoms. The Morgan fingerprint density at radius 2 is 1.92 bits per heavy atom. The molecule has 5 heteroatoms. The predicted octanol–water partition coefficient (Wildman–Crippen LogP) is 2.98. The van der Waals surface area contributed by atoms with Gasteiger partial charge in [-0.15, -0.1) is 0 Å². The quantitative estimate of drug-likeness (QED) is 0.893. The highest BCUT2D eigenvalue weighted by molar-refractivity contribution is 5.85. The predicted molar refractivity (Wildman–Crippen MR) is 98.4 cm³/mol. The molecular formula is C20H29N3O2. The summed E-state index contributed by atoms with van der Waals surface area (Å²) >= 11 is 0. The maximum absolute atomic E-state index is 12.4. The van der Waals surface area contributed by atoms with Gasteiger partial charge in [0.2, 0.25) is 5.91 Å². The van der Waals surface area contributed by atoms with Crippen LogP contribution in [-0.2, 0) is 4.79 Å². The van der Waals surface area contributed by atoms with E-state index in [1.54, 1.807) is 4.90 Å². The second-order valence-corrected chi connectivity index (χ2v) is 7.28. The second kappa shape index (κ2) is 8.37. The third-order valence-electron chi connectivity index (χ3n) is 5.53. The van der Waals surface area contributed by atoms with Crippen molar-refractivity contribution in [1.29, 1.82) is 0 Å². The summed E-state index contributed by atoms with van der Waals surface area (Å²) in [7, 11) is 0. The molecule has 3 rings (SSSR count). The summed E-state index contributed by atoms with van der Waals surface area (Å²) in [5.74, 6) is 0.508. The number of amides is 3. The third kappa shape index (κ3) is 4.53. The Morgan fingerprint density at radius 3 is 2.60 bits per heavy atom. The van der Waals surface area contributed by atoms with Crippen molar-refractivity contribution in [3.05, 3.63) is 35.9 Å². The molecule has 1 aromatic rings. The Hall–Kier alpha value is -2.04. The summed E-state index contributed by atoms with van der Waals surface area (Å²) in [4.78, 5) is 28.3. The van der Waals surface area contributed by atoms with Gasteiger partial charge in [0, 0.05) is 25.7 Å². The number of carbonyl (C=O) groups excluding carboxylic acids is 2. The van der Waals surface area contributed by atoms with E-state index in [9.17, 15) is 9.59 Å². The van der Waals surface area contributed by atoms with Crippen LogP contribution >= 0.6 is 0 Å². The largest absolute Gasteiger partial charge is 0.338 e. The van der Waals surface area contributed by atoms with E-state index in [4.69, 9.17) is 0 Å². The number of urea groups is 1. The van der Waals surface area contributed by atoms with Gasteiger partial charge in [0.25, 0.3) is 0 Å². The molecule has 0 radical (unpaired) electrons. The van der Waals surface area contributed by atoms with Gasteiger partial charge in [-0.2, -0.15) is 0 Å². The van der Waals surface area contributed by atoms with Crippen molar-refractivity contribution in [1.82, 2.24) is 15.1 Å². The molecule has 136 valence electrons. The fourth-order valence-corrected chi connectivity index (χ4v) is 3.92. The number of hydrogen-bond acceptors (Lipinski definition) is 2. The molecule has 0 bridgehead atoms. The number of carbonyl (C=O) groups is 2.